The first-order chi connectivity index (χ1) is 12.6. The van der Waals surface area contributed by atoms with Crippen molar-refractivity contribution in [2.24, 2.45) is 0 Å². The predicted molar refractivity (Wildman–Crippen MR) is 94.0 cm³/mol. The minimum Gasteiger partial charge on any atom is -0.423 e. The van der Waals surface area contributed by atoms with Crippen molar-refractivity contribution in [1.29, 1.82) is 0 Å². The lowest BCUT2D eigenvalue weighted by Gasteiger charge is -2.04. The van der Waals surface area contributed by atoms with E-state index in [2.05, 4.69) is 10.4 Å². The van der Waals surface area contributed by atoms with Gasteiger partial charge in [-0.1, -0.05) is 0 Å². The van der Waals surface area contributed by atoms with Crippen LogP contribution in [0.5, 0.6) is 0 Å². The summed E-state index contributed by atoms with van der Waals surface area (Å²) in [6, 6.07) is 15.3. The highest BCUT2D eigenvalue weighted by Crippen LogP contribution is 2.18. The number of aromatic nitrogens is 2. The average molecular weight is 349 g/mol. The third-order valence-corrected chi connectivity index (χ3v) is 3.79. The fourth-order valence-electron chi connectivity index (χ4n) is 2.53. The second-order valence-electron chi connectivity index (χ2n) is 5.58. The maximum atomic E-state index is 13.0. The maximum Gasteiger partial charge on any atom is 0.336 e. The zero-order valence-corrected chi connectivity index (χ0v) is 13.3. The molecule has 2 aromatic carbocycles. The molecule has 0 atom stereocenters. The Balaban J connectivity index is 1.56. The van der Waals surface area contributed by atoms with E-state index in [1.165, 1.54) is 22.9 Å². The van der Waals surface area contributed by atoms with Crippen molar-refractivity contribution in [3.05, 3.63) is 88.8 Å². The number of rotatable bonds is 3. The molecule has 0 aliphatic rings. The SMILES string of the molecule is O=C(Nc1ccc2oc(=O)ccc2c1)c1ccn(-c2ccc(F)cc2)n1. The monoisotopic (exact) mass is 349 g/mol. The molecule has 0 radical (unpaired) electrons. The van der Waals surface area contributed by atoms with Gasteiger partial charge in [0.25, 0.3) is 5.91 Å². The van der Waals surface area contributed by atoms with Gasteiger partial charge < -0.3 is 9.73 Å². The number of halogens is 1. The summed E-state index contributed by atoms with van der Waals surface area (Å²) in [5.74, 6) is -0.728. The molecule has 0 fully saturated rings. The summed E-state index contributed by atoms with van der Waals surface area (Å²) in [5.41, 5.74) is 1.42. The van der Waals surface area contributed by atoms with E-state index in [9.17, 15) is 14.0 Å². The Morgan fingerprint density at radius 2 is 1.85 bits per heavy atom. The van der Waals surface area contributed by atoms with Gasteiger partial charge in [-0.3, -0.25) is 4.79 Å². The molecule has 2 aromatic heterocycles. The van der Waals surface area contributed by atoms with E-state index < -0.39 is 5.63 Å². The van der Waals surface area contributed by atoms with Gasteiger partial charge in [-0.25, -0.2) is 13.9 Å². The molecular weight excluding hydrogens is 337 g/mol. The zero-order valence-electron chi connectivity index (χ0n) is 13.3. The molecule has 128 valence electrons. The largest absolute Gasteiger partial charge is 0.423 e. The normalized spacial score (nSPS) is 10.8. The molecule has 7 heteroatoms. The summed E-state index contributed by atoms with van der Waals surface area (Å²) in [4.78, 5) is 23.6. The van der Waals surface area contributed by atoms with E-state index >= 15 is 0 Å². The molecule has 0 saturated carbocycles. The Kier molecular flexibility index (Phi) is 3.81. The number of hydrogen-bond donors (Lipinski definition) is 1. The molecule has 0 saturated heterocycles. The number of fused-ring (bicyclic) bond motifs is 1. The van der Waals surface area contributed by atoms with Crippen LogP contribution in [0.4, 0.5) is 10.1 Å². The predicted octanol–water partition coefficient (Wildman–Crippen LogP) is 3.37. The zero-order chi connectivity index (χ0) is 18.1. The Bertz CT molecular complexity index is 1160. The van der Waals surface area contributed by atoms with Gasteiger partial charge >= 0.3 is 5.63 Å². The minimum absolute atomic E-state index is 0.217. The van der Waals surface area contributed by atoms with Crippen molar-refractivity contribution in [2.75, 3.05) is 5.32 Å². The number of amides is 1. The molecule has 0 aliphatic heterocycles. The summed E-state index contributed by atoms with van der Waals surface area (Å²) < 4.78 is 19.5. The van der Waals surface area contributed by atoms with E-state index in [1.807, 2.05) is 0 Å². The molecule has 0 spiro atoms. The number of hydrogen-bond acceptors (Lipinski definition) is 4. The van der Waals surface area contributed by atoms with E-state index in [4.69, 9.17) is 4.42 Å². The summed E-state index contributed by atoms with van der Waals surface area (Å²) in [6.45, 7) is 0. The van der Waals surface area contributed by atoms with Crippen LogP contribution in [0.15, 0.2) is 76.1 Å². The minimum atomic E-state index is -0.430. The van der Waals surface area contributed by atoms with Gasteiger partial charge in [-0.05, 0) is 54.6 Å². The van der Waals surface area contributed by atoms with E-state index in [0.29, 0.717) is 22.3 Å². The third kappa shape index (κ3) is 3.10. The fraction of sp³-hybridized carbons (Fsp3) is 0. The van der Waals surface area contributed by atoms with Crippen molar-refractivity contribution in [3.63, 3.8) is 0 Å². The lowest BCUT2D eigenvalue weighted by Crippen LogP contribution is -2.13. The lowest BCUT2D eigenvalue weighted by atomic mass is 10.2. The molecule has 4 aromatic rings. The fourth-order valence-corrected chi connectivity index (χ4v) is 2.53. The van der Waals surface area contributed by atoms with Crippen LogP contribution in [0.1, 0.15) is 10.5 Å². The molecule has 0 aliphatic carbocycles. The highest BCUT2D eigenvalue weighted by atomic mass is 19.1. The average Bonchev–Trinajstić information content (AvgIpc) is 3.13. The number of carbonyl (C=O) groups excluding carboxylic acids is 1. The van der Waals surface area contributed by atoms with Crippen LogP contribution in [-0.2, 0) is 0 Å². The van der Waals surface area contributed by atoms with E-state index in [1.54, 1.807) is 48.7 Å². The van der Waals surface area contributed by atoms with Crippen LogP contribution in [0, 0.1) is 5.82 Å². The standard InChI is InChI=1S/C19H12FN3O3/c20-13-2-5-15(6-3-13)23-10-9-16(22-23)19(25)21-14-4-7-17-12(11-14)1-8-18(24)26-17/h1-11H,(H,21,25). The summed E-state index contributed by atoms with van der Waals surface area (Å²) in [7, 11) is 0. The van der Waals surface area contributed by atoms with Crippen LogP contribution < -0.4 is 10.9 Å². The first-order valence-corrected chi connectivity index (χ1v) is 7.75. The molecule has 4 rings (SSSR count). The summed E-state index contributed by atoms with van der Waals surface area (Å²) in [6.07, 6.45) is 1.62. The Hall–Kier alpha value is -3.74. The van der Waals surface area contributed by atoms with Crippen molar-refractivity contribution in [2.45, 2.75) is 0 Å². The van der Waals surface area contributed by atoms with E-state index in [0.717, 1.165) is 0 Å². The molecule has 1 N–H and O–H groups in total. The molecular formula is C19H12FN3O3. The quantitative estimate of drug-likeness (QED) is 0.575. The maximum absolute atomic E-state index is 13.0. The first kappa shape index (κ1) is 15.8. The number of nitrogens with zero attached hydrogens (tertiary/aromatic N) is 2. The van der Waals surface area contributed by atoms with Gasteiger partial charge in [-0.2, -0.15) is 5.10 Å². The van der Waals surface area contributed by atoms with Crippen molar-refractivity contribution in [3.8, 4) is 5.69 Å². The Labute approximate surface area is 146 Å². The number of anilines is 1. The highest BCUT2D eigenvalue weighted by molar-refractivity contribution is 6.03. The molecule has 26 heavy (non-hydrogen) atoms. The highest BCUT2D eigenvalue weighted by Gasteiger charge is 2.11. The van der Waals surface area contributed by atoms with E-state index in [-0.39, 0.29) is 17.4 Å². The van der Waals surface area contributed by atoms with Crippen LogP contribution in [0.25, 0.3) is 16.7 Å². The number of benzene rings is 2. The number of carbonyl (C=O) groups is 1. The summed E-state index contributed by atoms with van der Waals surface area (Å²) >= 11 is 0. The van der Waals surface area contributed by atoms with Gasteiger partial charge in [0.15, 0.2) is 5.69 Å². The lowest BCUT2D eigenvalue weighted by molar-refractivity contribution is 0.102. The summed E-state index contributed by atoms with van der Waals surface area (Å²) in [5, 5.41) is 7.64. The van der Waals surface area contributed by atoms with Crippen LogP contribution in [-0.4, -0.2) is 15.7 Å². The van der Waals surface area contributed by atoms with Gasteiger partial charge in [0.1, 0.15) is 11.4 Å². The van der Waals surface area contributed by atoms with Gasteiger partial charge in [0, 0.05) is 23.3 Å². The van der Waals surface area contributed by atoms with Gasteiger partial charge in [-0.15, -0.1) is 0 Å². The Morgan fingerprint density at radius 1 is 1.04 bits per heavy atom. The molecule has 0 bridgehead atoms. The second kappa shape index (κ2) is 6.29. The molecule has 6 nitrogen and oxygen atoms in total. The van der Waals surface area contributed by atoms with Crippen molar-refractivity contribution in [1.82, 2.24) is 9.78 Å². The third-order valence-electron chi connectivity index (χ3n) is 3.79. The smallest absolute Gasteiger partial charge is 0.336 e. The van der Waals surface area contributed by atoms with Crippen LogP contribution in [0.3, 0.4) is 0 Å². The van der Waals surface area contributed by atoms with Crippen LogP contribution >= 0.6 is 0 Å². The number of nitrogens with one attached hydrogen (secondary N) is 1. The van der Waals surface area contributed by atoms with Gasteiger partial charge in [0.2, 0.25) is 0 Å². The molecule has 1 amide bonds. The molecule has 2 heterocycles. The van der Waals surface area contributed by atoms with Crippen LogP contribution in [0.2, 0.25) is 0 Å². The second-order valence-corrected chi connectivity index (χ2v) is 5.58. The molecule has 0 unspecified atom stereocenters. The first-order valence-electron chi connectivity index (χ1n) is 7.75. The van der Waals surface area contributed by atoms with Crippen molar-refractivity contribution < 1.29 is 13.6 Å². The topological polar surface area (TPSA) is 77.1 Å². The van der Waals surface area contributed by atoms with Crippen molar-refractivity contribution >= 4 is 22.6 Å². The van der Waals surface area contributed by atoms with Gasteiger partial charge in [0.05, 0.1) is 5.69 Å². The Morgan fingerprint density at radius 3 is 2.65 bits per heavy atom.